The number of anilines is 6. The molecular weight excluding hydrogens is 909 g/mol. The Morgan fingerprint density at radius 2 is 0.575 bits per heavy atom. The average Bonchev–Trinajstić information content (AvgIpc) is 4.15. The SMILES string of the molecule is c1ccc(N(c2ccccc2)c2ccc(-c3cc4sc5cc(-c6ccc(N(c7ccccc7)c7ccccc7)cc6)c6cc7oc8ccccc8c7cc6c5c4c4cc5c(cc34)oc3ccccc35)cc2)cc1. The molecule has 0 aliphatic rings. The molecule has 0 spiro atoms. The third-order valence-corrected chi connectivity index (χ3v) is 15.7. The van der Waals surface area contributed by atoms with E-state index in [-0.39, 0.29) is 0 Å². The van der Waals surface area contributed by atoms with Gasteiger partial charge < -0.3 is 18.6 Å². The number of hydrogen-bond donors (Lipinski definition) is 0. The summed E-state index contributed by atoms with van der Waals surface area (Å²) in [6, 6.07) is 91.5. The van der Waals surface area contributed by atoms with E-state index in [0.29, 0.717) is 0 Å². The summed E-state index contributed by atoms with van der Waals surface area (Å²) in [7, 11) is 0. The molecule has 0 saturated heterocycles. The maximum atomic E-state index is 6.65. The van der Waals surface area contributed by atoms with Crippen LogP contribution in [-0.2, 0) is 0 Å². The molecule has 0 N–H and O–H groups in total. The van der Waals surface area contributed by atoms with Crippen molar-refractivity contribution in [2.45, 2.75) is 0 Å². The third kappa shape index (κ3) is 6.74. The second-order valence-electron chi connectivity index (χ2n) is 18.8. The van der Waals surface area contributed by atoms with Gasteiger partial charge in [0.25, 0.3) is 0 Å². The first-order chi connectivity index (χ1) is 36.2. The van der Waals surface area contributed by atoms with Crippen LogP contribution in [0.25, 0.3) is 108 Å². The molecule has 0 saturated carbocycles. The molecule has 0 bridgehead atoms. The standard InChI is InChI=1S/C68H42N2O2S/c1-5-17-45(18-6-1)69(46-19-7-2-8-20-46)49-33-29-43(30-34-49)53-41-65-67(59-37-57-51-25-13-15-27-61(51)71-63(57)39-55(53)59)68-60-38-58-52-26-14-16-28-62(52)72-64(58)40-56(60)54(42-66(68)73-65)44-31-35-50(36-32-44)70(47-21-9-3-10-22-47)48-23-11-4-12-24-48/h1-42H. The van der Waals surface area contributed by atoms with Crippen molar-refractivity contribution in [3.8, 4) is 22.3 Å². The number of rotatable bonds is 8. The highest BCUT2D eigenvalue weighted by Gasteiger charge is 2.23. The number of furan rings is 2. The Morgan fingerprint density at radius 3 is 0.945 bits per heavy atom. The van der Waals surface area contributed by atoms with E-state index in [0.717, 1.165) is 99.9 Å². The first-order valence-corrected chi connectivity index (χ1v) is 25.5. The van der Waals surface area contributed by atoms with Gasteiger partial charge in [0.1, 0.15) is 22.3 Å². The number of hydrogen-bond acceptors (Lipinski definition) is 5. The number of nitrogens with zero attached hydrogens (tertiary/aromatic N) is 2. The van der Waals surface area contributed by atoms with Crippen LogP contribution in [0.5, 0.6) is 0 Å². The minimum absolute atomic E-state index is 0.880. The third-order valence-electron chi connectivity index (χ3n) is 14.6. The molecule has 15 aromatic rings. The lowest BCUT2D eigenvalue weighted by molar-refractivity contribution is 0.669. The lowest BCUT2D eigenvalue weighted by Crippen LogP contribution is -2.09. The molecule has 3 aromatic heterocycles. The van der Waals surface area contributed by atoms with E-state index in [2.05, 4.69) is 265 Å². The monoisotopic (exact) mass is 950 g/mol. The van der Waals surface area contributed by atoms with Gasteiger partial charge in [0.15, 0.2) is 0 Å². The minimum atomic E-state index is 0.880. The highest BCUT2D eigenvalue weighted by molar-refractivity contribution is 7.26. The van der Waals surface area contributed by atoms with Crippen molar-refractivity contribution >= 4 is 131 Å². The molecule has 3 heterocycles. The Morgan fingerprint density at radius 1 is 0.247 bits per heavy atom. The molecule has 73 heavy (non-hydrogen) atoms. The molecule has 0 atom stereocenters. The second-order valence-corrected chi connectivity index (χ2v) is 19.9. The molecule has 342 valence electrons. The zero-order valence-corrected chi connectivity index (χ0v) is 40.2. The van der Waals surface area contributed by atoms with Gasteiger partial charge >= 0.3 is 0 Å². The van der Waals surface area contributed by atoms with E-state index in [1.807, 2.05) is 11.3 Å². The van der Waals surface area contributed by atoms with E-state index in [1.165, 1.54) is 42.1 Å². The van der Waals surface area contributed by atoms with Crippen LogP contribution in [0, 0.1) is 0 Å². The van der Waals surface area contributed by atoms with Crippen molar-refractivity contribution in [2.75, 3.05) is 9.80 Å². The number of thiophene rings is 1. The van der Waals surface area contributed by atoms with Gasteiger partial charge in [-0.2, -0.15) is 0 Å². The summed E-state index contributed by atoms with van der Waals surface area (Å²) in [4.78, 5) is 4.63. The highest BCUT2D eigenvalue weighted by atomic mass is 32.1. The molecule has 4 nitrogen and oxygen atoms in total. The summed E-state index contributed by atoms with van der Waals surface area (Å²) in [5.74, 6) is 0. The Hall–Kier alpha value is -9.42. The lowest BCUT2D eigenvalue weighted by atomic mass is 9.90. The molecule has 0 radical (unpaired) electrons. The van der Waals surface area contributed by atoms with Crippen molar-refractivity contribution in [1.29, 1.82) is 0 Å². The first-order valence-electron chi connectivity index (χ1n) is 24.7. The van der Waals surface area contributed by atoms with Crippen LogP contribution >= 0.6 is 11.3 Å². The summed E-state index contributed by atoms with van der Waals surface area (Å²) < 4.78 is 15.8. The minimum Gasteiger partial charge on any atom is -0.456 e. The smallest absolute Gasteiger partial charge is 0.136 e. The Labute approximate surface area is 424 Å². The first kappa shape index (κ1) is 41.4. The van der Waals surface area contributed by atoms with Crippen LogP contribution in [0.3, 0.4) is 0 Å². The Kier molecular flexibility index (Phi) is 9.41. The van der Waals surface area contributed by atoms with Crippen molar-refractivity contribution in [3.63, 3.8) is 0 Å². The topological polar surface area (TPSA) is 32.8 Å². The quantitative estimate of drug-likeness (QED) is 0.152. The fourth-order valence-electron chi connectivity index (χ4n) is 11.3. The summed E-state index contributed by atoms with van der Waals surface area (Å²) in [6.45, 7) is 0. The molecule has 0 aliphatic heterocycles. The van der Waals surface area contributed by atoms with E-state index in [9.17, 15) is 0 Å². The van der Waals surface area contributed by atoms with Crippen LogP contribution in [0.2, 0.25) is 0 Å². The molecule has 12 aromatic carbocycles. The van der Waals surface area contributed by atoms with Gasteiger partial charge in [0.2, 0.25) is 0 Å². The van der Waals surface area contributed by atoms with Crippen LogP contribution < -0.4 is 9.80 Å². The van der Waals surface area contributed by atoms with Gasteiger partial charge in [-0.05, 0) is 165 Å². The maximum absolute atomic E-state index is 6.65. The number of fused-ring (bicyclic) bond motifs is 13. The van der Waals surface area contributed by atoms with Gasteiger partial charge in [-0.25, -0.2) is 0 Å². The molecule has 5 heteroatoms. The fourth-order valence-corrected chi connectivity index (χ4v) is 12.5. The van der Waals surface area contributed by atoms with E-state index in [1.54, 1.807) is 0 Å². The Bertz CT molecular complexity index is 4210. The van der Waals surface area contributed by atoms with Gasteiger partial charge in [0.05, 0.1) is 0 Å². The van der Waals surface area contributed by atoms with Crippen LogP contribution in [0.4, 0.5) is 34.1 Å². The summed E-state index contributed by atoms with van der Waals surface area (Å²) in [6.07, 6.45) is 0. The molecular formula is C68H42N2O2S. The van der Waals surface area contributed by atoms with Gasteiger partial charge in [-0.15, -0.1) is 11.3 Å². The van der Waals surface area contributed by atoms with E-state index >= 15 is 0 Å². The van der Waals surface area contributed by atoms with Crippen LogP contribution in [-0.4, -0.2) is 0 Å². The number of para-hydroxylation sites is 6. The molecule has 0 fully saturated rings. The molecule has 0 aliphatic carbocycles. The average molecular weight is 951 g/mol. The largest absolute Gasteiger partial charge is 0.456 e. The van der Waals surface area contributed by atoms with Gasteiger partial charge in [0, 0.05) is 75.8 Å². The number of benzene rings is 12. The van der Waals surface area contributed by atoms with E-state index < -0.39 is 0 Å². The molecule has 0 unspecified atom stereocenters. The fraction of sp³-hybridized carbons (Fsp3) is 0. The maximum Gasteiger partial charge on any atom is 0.136 e. The van der Waals surface area contributed by atoms with Gasteiger partial charge in [-0.1, -0.05) is 133 Å². The second kappa shape index (κ2) is 16.6. The lowest BCUT2D eigenvalue weighted by Gasteiger charge is -2.25. The predicted molar refractivity (Wildman–Crippen MR) is 309 cm³/mol. The summed E-state index contributed by atoms with van der Waals surface area (Å²) >= 11 is 1.87. The van der Waals surface area contributed by atoms with Crippen molar-refractivity contribution in [3.05, 3.63) is 255 Å². The zero-order chi connectivity index (χ0) is 48.0. The van der Waals surface area contributed by atoms with Crippen molar-refractivity contribution < 1.29 is 8.83 Å². The van der Waals surface area contributed by atoms with Crippen molar-refractivity contribution in [1.82, 2.24) is 0 Å². The zero-order valence-electron chi connectivity index (χ0n) is 39.4. The normalized spacial score (nSPS) is 11.8. The van der Waals surface area contributed by atoms with Gasteiger partial charge in [-0.3, -0.25) is 0 Å². The molecule has 15 rings (SSSR count). The van der Waals surface area contributed by atoms with Crippen LogP contribution in [0.1, 0.15) is 0 Å². The Balaban J connectivity index is 0.976. The van der Waals surface area contributed by atoms with E-state index in [4.69, 9.17) is 8.83 Å². The van der Waals surface area contributed by atoms with Crippen molar-refractivity contribution in [2.24, 2.45) is 0 Å². The highest BCUT2D eigenvalue weighted by Crippen LogP contribution is 2.51. The van der Waals surface area contributed by atoms with Crippen LogP contribution in [0.15, 0.2) is 264 Å². The summed E-state index contributed by atoms with van der Waals surface area (Å²) in [5, 5.41) is 11.7. The molecule has 0 amide bonds. The predicted octanol–water partition coefficient (Wildman–Crippen LogP) is 20.4. The summed E-state index contributed by atoms with van der Waals surface area (Å²) in [5.41, 5.74) is 14.8.